The van der Waals surface area contributed by atoms with Crippen LogP contribution in [-0.4, -0.2) is 39.5 Å². The maximum Gasteiger partial charge on any atom is 0.416 e. The highest BCUT2D eigenvalue weighted by atomic mass is 32.2. The highest BCUT2D eigenvalue weighted by molar-refractivity contribution is 7.88. The van der Waals surface area contributed by atoms with E-state index in [1.54, 1.807) is 0 Å². The summed E-state index contributed by atoms with van der Waals surface area (Å²) in [4.78, 5) is 2.07. The molecule has 1 aromatic carbocycles. The third-order valence-electron chi connectivity index (χ3n) is 3.28. The standard InChI is InChI=1S/C14H21F3N2O2S/c1-3-19(4-2)10-9-18-22(20,21)11-12-5-7-13(8-6-12)14(15,16)17/h5-8,18H,3-4,9-11H2,1-2H3. The average Bonchev–Trinajstić information content (AvgIpc) is 2.42. The van der Waals surface area contributed by atoms with Gasteiger partial charge in [0.05, 0.1) is 11.3 Å². The van der Waals surface area contributed by atoms with E-state index in [4.69, 9.17) is 0 Å². The highest BCUT2D eigenvalue weighted by Crippen LogP contribution is 2.29. The molecule has 4 nitrogen and oxygen atoms in total. The summed E-state index contributed by atoms with van der Waals surface area (Å²) in [6.07, 6.45) is -4.42. The molecule has 0 aliphatic rings. The maximum atomic E-state index is 12.4. The van der Waals surface area contributed by atoms with Crippen LogP contribution in [0.25, 0.3) is 0 Å². The Labute approximate surface area is 129 Å². The zero-order valence-electron chi connectivity index (χ0n) is 12.7. The van der Waals surface area contributed by atoms with Gasteiger partial charge in [-0.05, 0) is 30.8 Å². The van der Waals surface area contributed by atoms with Crippen LogP contribution in [0.3, 0.4) is 0 Å². The van der Waals surface area contributed by atoms with Gasteiger partial charge in [-0.2, -0.15) is 13.2 Å². The summed E-state index contributed by atoms with van der Waals surface area (Å²) in [5.74, 6) is -0.330. The van der Waals surface area contributed by atoms with Crippen molar-refractivity contribution in [3.63, 3.8) is 0 Å². The first-order chi connectivity index (χ1) is 10.2. The van der Waals surface area contributed by atoms with Gasteiger partial charge in [0.15, 0.2) is 0 Å². The van der Waals surface area contributed by atoms with Gasteiger partial charge in [0, 0.05) is 13.1 Å². The fourth-order valence-corrected chi connectivity index (χ4v) is 3.10. The van der Waals surface area contributed by atoms with Gasteiger partial charge < -0.3 is 4.90 Å². The Morgan fingerprint density at radius 3 is 2.09 bits per heavy atom. The number of nitrogens with zero attached hydrogens (tertiary/aromatic N) is 1. The van der Waals surface area contributed by atoms with E-state index in [0.29, 0.717) is 12.1 Å². The lowest BCUT2D eigenvalue weighted by atomic mass is 10.1. The van der Waals surface area contributed by atoms with Crippen molar-refractivity contribution >= 4 is 10.0 Å². The minimum Gasteiger partial charge on any atom is -0.303 e. The van der Waals surface area contributed by atoms with Crippen molar-refractivity contribution in [2.45, 2.75) is 25.8 Å². The zero-order valence-corrected chi connectivity index (χ0v) is 13.5. The fraction of sp³-hybridized carbons (Fsp3) is 0.571. The second-order valence-electron chi connectivity index (χ2n) is 4.87. The number of hydrogen-bond acceptors (Lipinski definition) is 3. The van der Waals surface area contributed by atoms with E-state index in [-0.39, 0.29) is 12.3 Å². The number of likely N-dealkylation sites (N-methyl/N-ethyl adjacent to an activating group) is 1. The molecule has 0 unspecified atom stereocenters. The summed E-state index contributed by atoms with van der Waals surface area (Å²) in [7, 11) is -3.55. The van der Waals surface area contributed by atoms with Crippen LogP contribution in [0.5, 0.6) is 0 Å². The number of alkyl halides is 3. The van der Waals surface area contributed by atoms with Crippen molar-refractivity contribution in [1.29, 1.82) is 0 Å². The van der Waals surface area contributed by atoms with E-state index >= 15 is 0 Å². The molecule has 0 heterocycles. The van der Waals surface area contributed by atoms with Gasteiger partial charge in [0.25, 0.3) is 0 Å². The molecular formula is C14H21F3N2O2S. The molecule has 8 heteroatoms. The molecule has 1 N–H and O–H groups in total. The molecule has 0 radical (unpaired) electrons. The van der Waals surface area contributed by atoms with Crippen LogP contribution >= 0.6 is 0 Å². The van der Waals surface area contributed by atoms with E-state index in [1.807, 2.05) is 13.8 Å². The lowest BCUT2D eigenvalue weighted by Crippen LogP contribution is -2.35. The van der Waals surface area contributed by atoms with E-state index in [0.717, 1.165) is 25.2 Å². The molecule has 0 atom stereocenters. The Hall–Kier alpha value is -1.12. The number of halogens is 3. The average molecular weight is 338 g/mol. The van der Waals surface area contributed by atoms with Gasteiger partial charge >= 0.3 is 6.18 Å². The summed E-state index contributed by atoms with van der Waals surface area (Å²) in [6, 6.07) is 4.15. The summed E-state index contributed by atoms with van der Waals surface area (Å²) in [5, 5.41) is 0. The fourth-order valence-electron chi connectivity index (χ4n) is 1.96. The zero-order chi connectivity index (χ0) is 16.8. The smallest absolute Gasteiger partial charge is 0.303 e. The van der Waals surface area contributed by atoms with Gasteiger partial charge in [0.2, 0.25) is 10.0 Å². The van der Waals surface area contributed by atoms with Crippen LogP contribution in [0.2, 0.25) is 0 Å². The Bertz CT molecular complexity index is 552. The molecule has 0 spiro atoms. The normalized spacial score (nSPS) is 12.8. The molecular weight excluding hydrogens is 317 g/mol. The Morgan fingerprint density at radius 2 is 1.64 bits per heavy atom. The molecule has 0 aliphatic carbocycles. The lowest BCUT2D eigenvalue weighted by molar-refractivity contribution is -0.137. The molecule has 1 aromatic rings. The van der Waals surface area contributed by atoms with E-state index < -0.39 is 21.8 Å². The summed E-state index contributed by atoms with van der Waals surface area (Å²) in [5.41, 5.74) is -0.466. The number of sulfonamides is 1. The molecule has 0 amide bonds. The molecule has 0 fully saturated rings. The highest BCUT2D eigenvalue weighted by Gasteiger charge is 2.30. The first-order valence-electron chi connectivity index (χ1n) is 7.03. The van der Waals surface area contributed by atoms with Crippen LogP contribution in [0, 0.1) is 0 Å². The molecule has 0 aromatic heterocycles. The molecule has 1 rings (SSSR count). The topological polar surface area (TPSA) is 49.4 Å². The lowest BCUT2D eigenvalue weighted by Gasteiger charge is -2.18. The second-order valence-corrected chi connectivity index (χ2v) is 6.68. The van der Waals surface area contributed by atoms with Gasteiger partial charge in [-0.25, -0.2) is 13.1 Å². The minimum absolute atomic E-state index is 0.282. The van der Waals surface area contributed by atoms with Crippen LogP contribution in [-0.2, 0) is 22.0 Å². The van der Waals surface area contributed by atoms with Gasteiger partial charge in [-0.3, -0.25) is 0 Å². The third-order valence-corrected chi connectivity index (χ3v) is 4.64. The number of benzene rings is 1. The summed E-state index contributed by atoms with van der Waals surface area (Å²) >= 11 is 0. The molecule has 0 saturated carbocycles. The third kappa shape index (κ3) is 6.33. The summed E-state index contributed by atoms with van der Waals surface area (Å²) < 4.78 is 63.5. The second kappa shape index (κ2) is 7.94. The van der Waals surface area contributed by atoms with Gasteiger partial charge in [-0.1, -0.05) is 26.0 Å². The van der Waals surface area contributed by atoms with Crippen LogP contribution < -0.4 is 4.72 Å². The molecule has 22 heavy (non-hydrogen) atoms. The van der Waals surface area contributed by atoms with Crippen LogP contribution in [0.15, 0.2) is 24.3 Å². The van der Waals surface area contributed by atoms with E-state index in [1.165, 1.54) is 12.1 Å². The van der Waals surface area contributed by atoms with Crippen molar-refractivity contribution < 1.29 is 21.6 Å². The minimum atomic E-state index is -4.42. The van der Waals surface area contributed by atoms with Crippen molar-refractivity contribution in [3.05, 3.63) is 35.4 Å². The SMILES string of the molecule is CCN(CC)CCNS(=O)(=O)Cc1ccc(C(F)(F)F)cc1. The summed E-state index contributed by atoms with van der Waals surface area (Å²) in [6.45, 7) is 6.51. The Morgan fingerprint density at radius 1 is 1.09 bits per heavy atom. The van der Waals surface area contributed by atoms with Crippen LogP contribution in [0.1, 0.15) is 25.0 Å². The van der Waals surface area contributed by atoms with Crippen molar-refractivity contribution in [3.8, 4) is 0 Å². The Balaban J connectivity index is 2.57. The Kier molecular flexibility index (Phi) is 6.83. The van der Waals surface area contributed by atoms with E-state index in [2.05, 4.69) is 9.62 Å². The van der Waals surface area contributed by atoms with Crippen molar-refractivity contribution in [1.82, 2.24) is 9.62 Å². The van der Waals surface area contributed by atoms with Crippen molar-refractivity contribution in [2.24, 2.45) is 0 Å². The predicted molar refractivity (Wildman–Crippen MR) is 79.9 cm³/mol. The van der Waals surface area contributed by atoms with E-state index in [9.17, 15) is 21.6 Å². The molecule has 0 aliphatic heterocycles. The molecule has 126 valence electrons. The van der Waals surface area contributed by atoms with Crippen molar-refractivity contribution in [2.75, 3.05) is 26.2 Å². The monoisotopic (exact) mass is 338 g/mol. The largest absolute Gasteiger partial charge is 0.416 e. The first-order valence-corrected chi connectivity index (χ1v) is 8.69. The predicted octanol–water partition coefficient (Wildman–Crippen LogP) is 2.47. The van der Waals surface area contributed by atoms with Gasteiger partial charge in [-0.15, -0.1) is 0 Å². The molecule has 0 bridgehead atoms. The quantitative estimate of drug-likeness (QED) is 0.792. The number of rotatable bonds is 8. The number of hydrogen-bond donors (Lipinski definition) is 1. The number of nitrogens with one attached hydrogen (secondary N) is 1. The maximum absolute atomic E-state index is 12.4. The molecule has 0 saturated heterocycles. The van der Waals surface area contributed by atoms with Gasteiger partial charge in [0.1, 0.15) is 0 Å². The first kappa shape index (κ1) is 18.9. The van der Waals surface area contributed by atoms with Crippen LogP contribution in [0.4, 0.5) is 13.2 Å².